The number of nitrogens with zero attached hydrogens (tertiary/aromatic N) is 2. The van der Waals surface area contributed by atoms with E-state index in [1.165, 1.54) is 4.90 Å². The zero-order valence-electron chi connectivity index (χ0n) is 19.1. The molecule has 2 aromatic carbocycles. The maximum Gasteiger partial charge on any atom is 0.244 e. The molecule has 2 rings (SSSR count). The molecule has 0 saturated carbocycles. The van der Waals surface area contributed by atoms with Crippen LogP contribution in [0, 0.1) is 0 Å². The minimum Gasteiger partial charge on any atom is -0.352 e. The summed E-state index contributed by atoms with van der Waals surface area (Å²) < 4.78 is 26.7. The van der Waals surface area contributed by atoms with E-state index in [2.05, 4.69) is 21.2 Å². The summed E-state index contributed by atoms with van der Waals surface area (Å²) in [5.41, 5.74) is 1.07. The third-order valence-electron chi connectivity index (χ3n) is 5.21. The van der Waals surface area contributed by atoms with Gasteiger partial charge in [0.05, 0.1) is 11.9 Å². The summed E-state index contributed by atoms with van der Waals surface area (Å²) in [7, 11) is -3.78. The topological polar surface area (TPSA) is 86.8 Å². The van der Waals surface area contributed by atoms with E-state index in [9.17, 15) is 18.0 Å². The van der Waals surface area contributed by atoms with Crippen LogP contribution in [-0.2, 0) is 26.2 Å². The van der Waals surface area contributed by atoms with Crippen molar-refractivity contribution in [2.45, 2.75) is 45.8 Å². The van der Waals surface area contributed by atoms with Crippen molar-refractivity contribution in [1.82, 2.24) is 10.2 Å². The van der Waals surface area contributed by atoms with Crippen LogP contribution in [0.1, 0.15) is 32.8 Å². The Hall–Kier alpha value is -2.10. The molecule has 0 aliphatic carbocycles. The summed E-state index contributed by atoms with van der Waals surface area (Å²) in [6, 6.07) is 12.8. The van der Waals surface area contributed by atoms with Crippen LogP contribution in [0.25, 0.3) is 0 Å². The fourth-order valence-electron chi connectivity index (χ4n) is 3.13. The Morgan fingerprint density at radius 1 is 1.12 bits per heavy atom. The smallest absolute Gasteiger partial charge is 0.244 e. The molecule has 0 aromatic heterocycles. The van der Waals surface area contributed by atoms with E-state index in [1.807, 2.05) is 13.8 Å². The largest absolute Gasteiger partial charge is 0.352 e. The third kappa shape index (κ3) is 7.72. The lowest BCUT2D eigenvalue weighted by molar-refractivity contribution is -0.139. The molecule has 0 radical (unpaired) electrons. The van der Waals surface area contributed by atoms with E-state index >= 15 is 0 Å². The highest BCUT2D eigenvalue weighted by Crippen LogP contribution is 2.28. The first-order valence-electron chi connectivity index (χ1n) is 10.5. The average molecular weight is 559 g/mol. The summed E-state index contributed by atoms with van der Waals surface area (Å²) in [6.45, 7) is 5.10. The summed E-state index contributed by atoms with van der Waals surface area (Å²) in [6.07, 6.45) is 1.78. The molecule has 0 aliphatic rings. The molecule has 33 heavy (non-hydrogen) atoms. The molecular formula is C23H29BrClN3O4S. The van der Waals surface area contributed by atoms with Gasteiger partial charge in [0.1, 0.15) is 12.6 Å². The van der Waals surface area contributed by atoms with Gasteiger partial charge in [-0.15, -0.1) is 0 Å². The molecule has 0 fully saturated rings. The standard InChI is InChI=1S/C23H29BrClN3O4S/c1-5-16(2)26-23(30)17(3)27(14-18-9-8-10-19(25)13-18)22(29)15-28(33(4,31)32)21-12-7-6-11-20(21)24/h6-13,16-17H,5,14-15H2,1-4H3,(H,26,30)/t16-,17-/m0/s1. The third-order valence-corrected chi connectivity index (χ3v) is 7.24. The quantitative estimate of drug-likeness (QED) is 0.474. The van der Waals surface area contributed by atoms with Crippen molar-refractivity contribution in [2.24, 2.45) is 0 Å². The summed E-state index contributed by atoms with van der Waals surface area (Å²) in [4.78, 5) is 27.7. The molecule has 7 nitrogen and oxygen atoms in total. The highest BCUT2D eigenvalue weighted by molar-refractivity contribution is 9.10. The highest BCUT2D eigenvalue weighted by Gasteiger charge is 2.31. The first-order valence-corrected chi connectivity index (χ1v) is 13.5. The van der Waals surface area contributed by atoms with Gasteiger partial charge in [-0.3, -0.25) is 13.9 Å². The predicted molar refractivity (Wildman–Crippen MR) is 136 cm³/mol. The Morgan fingerprint density at radius 2 is 1.79 bits per heavy atom. The first-order chi connectivity index (χ1) is 15.4. The molecule has 0 saturated heterocycles. The maximum absolute atomic E-state index is 13.5. The number of anilines is 1. The van der Waals surface area contributed by atoms with Gasteiger partial charge in [0.15, 0.2) is 0 Å². The van der Waals surface area contributed by atoms with Gasteiger partial charge in [-0.1, -0.05) is 42.8 Å². The van der Waals surface area contributed by atoms with Crippen LogP contribution in [0.15, 0.2) is 53.0 Å². The fraction of sp³-hybridized carbons (Fsp3) is 0.391. The van der Waals surface area contributed by atoms with Gasteiger partial charge in [0.2, 0.25) is 21.8 Å². The first kappa shape index (κ1) is 27.1. The van der Waals surface area contributed by atoms with Crippen LogP contribution in [0.5, 0.6) is 0 Å². The van der Waals surface area contributed by atoms with Crippen molar-refractivity contribution in [3.8, 4) is 0 Å². The van der Waals surface area contributed by atoms with Gasteiger partial charge < -0.3 is 10.2 Å². The van der Waals surface area contributed by atoms with Gasteiger partial charge in [-0.2, -0.15) is 0 Å². The van der Waals surface area contributed by atoms with E-state index in [0.29, 0.717) is 15.2 Å². The number of para-hydroxylation sites is 1. The van der Waals surface area contributed by atoms with Gasteiger partial charge in [-0.05, 0) is 66.0 Å². The van der Waals surface area contributed by atoms with Crippen LogP contribution >= 0.6 is 27.5 Å². The van der Waals surface area contributed by atoms with Gasteiger partial charge >= 0.3 is 0 Å². The highest BCUT2D eigenvalue weighted by atomic mass is 79.9. The molecule has 0 unspecified atom stereocenters. The SMILES string of the molecule is CC[C@H](C)NC(=O)[C@H](C)N(Cc1cccc(Cl)c1)C(=O)CN(c1ccccc1Br)S(C)(=O)=O. The number of sulfonamides is 1. The molecule has 2 atom stereocenters. The zero-order chi connectivity index (χ0) is 24.8. The minimum atomic E-state index is -3.78. The van der Waals surface area contributed by atoms with Crippen molar-refractivity contribution >= 4 is 55.1 Å². The number of hydrogen-bond acceptors (Lipinski definition) is 4. The molecule has 180 valence electrons. The van der Waals surface area contributed by atoms with Crippen LogP contribution in [-0.4, -0.2) is 50.0 Å². The van der Waals surface area contributed by atoms with Gasteiger partial charge in [-0.25, -0.2) is 8.42 Å². The average Bonchev–Trinajstić information content (AvgIpc) is 2.75. The minimum absolute atomic E-state index is 0.0594. The molecule has 0 aliphatic heterocycles. The summed E-state index contributed by atoms with van der Waals surface area (Å²) in [5, 5.41) is 3.39. The van der Waals surface area contributed by atoms with Crippen molar-refractivity contribution in [3.05, 3.63) is 63.6 Å². The zero-order valence-corrected chi connectivity index (χ0v) is 22.2. The Bertz CT molecular complexity index is 1100. The van der Waals surface area contributed by atoms with E-state index < -0.39 is 28.5 Å². The van der Waals surface area contributed by atoms with Crippen molar-refractivity contribution in [3.63, 3.8) is 0 Å². The van der Waals surface area contributed by atoms with Crippen LogP contribution < -0.4 is 9.62 Å². The lowest BCUT2D eigenvalue weighted by atomic mass is 10.1. The number of halogens is 2. The number of carbonyl (C=O) groups excluding carboxylic acids is 2. The number of rotatable bonds is 10. The van der Waals surface area contributed by atoms with Gasteiger partial charge in [0.25, 0.3) is 0 Å². The molecule has 10 heteroatoms. The van der Waals surface area contributed by atoms with E-state index in [1.54, 1.807) is 55.5 Å². The van der Waals surface area contributed by atoms with Crippen molar-refractivity contribution in [2.75, 3.05) is 17.1 Å². The summed E-state index contributed by atoms with van der Waals surface area (Å²) >= 11 is 9.46. The molecule has 1 N–H and O–H groups in total. The summed E-state index contributed by atoms with van der Waals surface area (Å²) in [5.74, 6) is -0.825. The van der Waals surface area contributed by atoms with E-state index in [4.69, 9.17) is 11.6 Å². The molecular weight excluding hydrogens is 530 g/mol. The second kappa shape index (κ2) is 11.9. The molecule has 0 heterocycles. The Kier molecular flexibility index (Phi) is 9.75. The number of nitrogens with one attached hydrogen (secondary N) is 1. The fourth-order valence-corrected chi connectivity index (χ4v) is 4.82. The van der Waals surface area contributed by atoms with Crippen molar-refractivity contribution in [1.29, 1.82) is 0 Å². The van der Waals surface area contributed by atoms with Gasteiger partial charge in [0, 0.05) is 22.1 Å². The molecule has 2 aromatic rings. The van der Waals surface area contributed by atoms with Crippen LogP contribution in [0.2, 0.25) is 5.02 Å². The second-order valence-corrected chi connectivity index (χ2v) is 11.1. The number of amides is 2. The molecule has 2 amide bonds. The Labute approximate surface area is 209 Å². The normalized spacial score (nSPS) is 13.2. The van der Waals surface area contributed by atoms with E-state index in [0.717, 1.165) is 22.5 Å². The molecule has 0 spiro atoms. The predicted octanol–water partition coefficient (Wildman–Crippen LogP) is 4.20. The van der Waals surface area contributed by atoms with Crippen LogP contribution in [0.3, 0.4) is 0 Å². The number of hydrogen-bond donors (Lipinski definition) is 1. The number of benzene rings is 2. The van der Waals surface area contributed by atoms with E-state index in [-0.39, 0.29) is 18.5 Å². The lowest BCUT2D eigenvalue weighted by Gasteiger charge is -2.32. The maximum atomic E-state index is 13.5. The van der Waals surface area contributed by atoms with Crippen LogP contribution in [0.4, 0.5) is 5.69 Å². The monoisotopic (exact) mass is 557 g/mol. The number of carbonyl (C=O) groups is 2. The lowest BCUT2D eigenvalue weighted by Crippen LogP contribution is -2.52. The molecule has 0 bridgehead atoms. The Balaban J connectivity index is 2.40. The second-order valence-electron chi connectivity index (χ2n) is 7.87. The van der Waals surface area contributed by atoms with Crippen molar-refractivity contribution < 1.29 is 18.0 Å². The Morgan fingerprint density at radius 3 is 2.36 bits per heavy atom.